The van der Waals surface area contributed by atoms with Gasteiger partial charge in [-0.15, -0.1) is 0 Å². The van der Waals surface area contributed by atoms with E-state index in [2.05, 4.69) is 0 Å². The van der Waals surface area contributed by atoms with Crippen molar-refractivity contribution in [2.24, 2.45) is 0 Å². The molecule has 0 aliphatic carbocycles. The molecule has 0 spiro atoms. The van der Waals surface area contributed by atoms with E-state index in [9.17, 15) is 13.3 Å². The lowest BCUT2D eigenvalue weighted by atomic mass is 10.2. The van der Waals surface area contributed by atoms with Crippen molar-refractivity contribution >= 4 is 22.0 Å². The highest BCUT2D eigenvalue weighted by atomic mass is 32.3. The molecule has 2 aromatic carbocycles. The van der Waals surface area contributed by atoms with E-state index in [4.69, 9.17) is 13.1 Å². The van der Waals surface area contributed by atoms with Crippen molar-refractivity contribution in [3.8, 4) is 0 Å². The van der Waals surface area contributed by atoms with E-state index >= 15 is 0 Å². The molecule has 0 heterocycles. The molecule has 2 rings (SSSR count). The molecule has 4 N–H and O–H groups in total. The van der Waals surface area contributed by atoms with Crippen LogP contribution in [-0.4, -0.2) is 45.2 Å². The summed E-state index contributed by atoms with van der Waals surface area (Å²) in [6.07, 6.45) is -0.723. The molecule has 0 fully saturated rings. The molecule has 0 aliphatic rings. The first kappa shape index (κ1) is 23.7. The first-order valence-corrected chi connectivity index (χ1v) is 10.5. The molecular weight excluding hydrogens is 392 g/mol. The van der Waals surface area contributed by atoms with Crippen molar-refractivity contribution in [2.75, 3.05) is 20.3 Å². The second kappa shape index (κ2) is 10.9. The van der Waals surface area contributed by atoms with Crippen LogP contribution in [0.2, 0.25) is 0 Å². The molecule has 27 heavy (non-hydrogen) atoms. The van der Waals surface area contributed by atoms with Crippen molar-refractivity contribution in [2.45, 2.75) is 29.7 Å². The number of benzene rings is 2. The lowest BCUT2D eigenvalue weighted by molar-refractivity contribution is 0.0544. The van der Waals surface area contributed by atoms with Crippen molar-refractivity contribution < 1.29 is 31.9 Å². The topological polar surface area (TPSA) is 117 Å². The Labute approximate surface area is 163 Å². The van der Waals surface area contributed by atoms with Crippen LogP contribution in [0, 0.1) is 13.8 Å². The normalized spacial score (nSPS) is 14.3. The average molecular weight is 419 g/mol. The quantitative estimate of drug-likeness (QED) is 0.645. The molecule has 0 amide bonds. The monoisotopic (exact) mass is 418 g/mol. The summed E-state index contributed by atoms with van der Waals surface area (Å²) in [5.74, 6) is 0. The molecule has 1 unspecified atom stereocenters. The van der Waals surface area contributed by atoms with Crippen LogP contribution in [-0.2, 0) is 24.2 Å². The van der Waals surface area contributed by atoms with Crippen LogP contribution in [0.15, 0.2) is 58.3 Å². The molecule has 2 atom stereocenters. The molecule has 0 aliphatic heterocycles. The maximum absolute atomic E-state index is 12.3. The van der Waals surface area contributed by atoms with Gasteiger partial charge < -0.3 is 19.3 Å². The summed E-state index contributed by atoms with van der Waals surface area (Å²) < 4.78 is 48.6. The number of hydrogen-bond acceptors (Lipinski definition) is 6. The van der Waals surface area contributed by atoms with Crippen molar-refractivity contribution in [3.63, 3.8) is 0 Å². The van der Waals surface area contributed by atoms with Gasteiger partial charge in [0, 0.05) is 7.11 Å². The van der Waals surface area contributed by atoms with Crippen molar-refractivity contribution in [3.05, 3.63) is 59.7 Å². The number of aryl methyl sites for hydroxylation is 2. The van der Waals surface area contributed by atoms with E-state index in [0.717, 1.165) is 11.1 Å². The maximum Gasteiger partial charge on any atom is 0.189 e. The molecule has 9 heteroatoms. The van der Waals surface area contributed by atoms with Gasteiger partial charge in [-0.05, 0) is 38.1 Å². The predicted molar refractivity (Wildman–Crippen MR) is 106 cm³/mol. The van der Waals surface area contributed by atoms with E-state index in [1.54, 1.807) is 36.4 Å². The minimum atomic E-state index is -3.43. The number of methoxy groups -OCH3 is 1. The highest BCUT2D eigenvalue weighted by Gasteiger charge is 2.25. The maximum atomic E-state index is 12.3. The summed E-state index contributed by atoms with van der Waals surface area (Å²) in [6, 6.07) is 13.8. The molecule has 0 saturated carbocycles. The Morgan fingerprint density at radius 1 is 0.963 bits per heavy atom. The molecule has 0 aromatic heterocycles. The minimum absolute atomic E-state index is 0. The van der Waals surface area contributed by atoms with Crippen LogP contribution in [0.25, 0.3) is 0 Å². The summed E-state index contributed by atoms with van der Waals surface area (Å²) in [4.78, 5) is 0.792. The summed E-state index contributed by atoms with van der Waals surface area (Å²) in [7, 11) is -1.96. The third-order valence-corrected chi connectivity index (χ3v) is 5.99. The highest BCUT2D eigenvalue weighted by Crippen LogP contribution is 2.49. The lowest BCUT2D eigenvalue weighted by Crippen LogP contribution is -2.27. The van der Waals surface area contributed by atoms with Crippen LogP contribution >= 0.6 is 10.9 Å². The second-order valence-electron chi connectivity index (χ2n) is 5.82. The van der Waals surface area contributed by atoms with Crippen LogP contribution < -0.4 is 0 Å². The third kappa shape index (κ3) is 7.32. The van der Waals surface area contributed by atoms with E-state index in [1.165, 1.54) is 7.11 Å². The number of hydrogen-bond donors (Lipinski definition) is 2. The first-order valence-electron chi connectivity index (χ1n) is 7.95. The molecule has 2 aromatic rings. The molecule has 0 bridgehead atoms. The zero-order chi connectivity index (χ0) is 19.2. The van der Waals surface area contributed by atoms with E-state index in [0.29, 0.717) is 4.90 Å². The predicted octanol–water partition coefficient (Wildman–Crippen LogP) is 3.27. The van der Waals surface area contributed by atoms with Gasteiger partial charge in [-0.1, -0.05) is 35.4 Å². The van der Waals surface area contributed by atoms with E-state index < -0.39 is 28.1 Å². The van der Waals surface area contributed by atoms with Gasteiger partial charge in [-0.25, -0.2) is 4.21 Å². The summed E-state index contributed by atoms with van der Waals surface area (Å²) in [5.41, 5.74) is 2.05. The molecule has 7 nitrogen and oxygen atoms in total. The molecule has 152 valence electrons. The van der Waals surface area contributed by atoms with E-state index in [-0.39, 0.29) is 23.6 Å². The minimum Gasteiger partial charge on any atom is -0.412 e. The third-order valence-electron chi connectivity index (χ3n) is 3.54. The first-order chi connectivity index (χ1) is 12.3. The number of rotatable bonds is 9. The zero-order valence-electron chi connectivity index (χ0n) is 15.5. The fraction of sp³-hybridized carbons (Fsp3) is 0.333. The summed E-state index contributed by atoms with van der Waals surface area (Å²) >= 11 is -1.71. The van der Waals surface area contributed by atoms with Gasteiger partial charge in [0.2, 0.25) is 0 Å². The van der Waals surface area contributed by atoms with Crippen LogP contribution in [0.3, 0.4) is 0 Å². The Hall–Kier alpha value is -1.30. The van der Waals surface area contributed by atoms with Crippen molar-refractivity contribution in [1.82, 2.24) is 0 Å². The van der Waals surface area contributed by atoms with Gasteiger partial charge in [0.25, 0.3) is 0 Å². The Bertz CT molecular complexity index is 717. The van der Waals surface area contributed by atoms with E-state index in [1.807, 2.05) is 26.0 Å². The van der Waals surface area contributed by atoms with Crippen molar-refractivity contribution in [1.29, 1.82) is 0 Å². The van der Waals surface area contributed by atoms with Crippen LogP contribution in [0.1, 0.15) is 11.1 Å². The van der Waals surface area contributed by atoms with Gasteiger partial charge in [0.1, 0.15) is 17.0 Å². The Kier molecular flexibility index (Phi) is 9.57. The van der Waals surface area contributed by atoms with Gasteiger partial charge >= 0.3 is 0 Å². The standard InChI is InChI=1S/C18H24O6S2.H2O/c1-14-4-8-17(9-5-14)25(19)24-16(12-22-3)13-23-26(20,21)18-10-6-15(2)7-11-18;/h4-11,16,20-21H,12-13H2,1-3H3;1H2/t16-,25?;/m0./s1. The molecular formula is C18H26O7S2. The van der Waals surface area contributed by atoms with Gasteiger partial charge in [0.15, 0.2) is 11.1 Å². The summed E-state index contributed by atoms with van der Waals surface area (Å²) in [5, 5.41) is 0. The average Bonchev–Trinajstić information content (AvgIpc) is 2.61. The lowest BCUT2D eigenvalue weighted by Gasteiger charge is -2.28. The second-order valence-corrected chi connectivity index (χ2v) is 8.65. The Morgan fingerprint density at radius 2 is 1.48 bits per heavy atom. The van der Waals surface area contributed by atoms with Gasteiger partial charge in [-0.2, -0.15) is 0 Å². The Balaban J connectivity index is 0.00000364. The highest BCUT2D eigenvalue weighted by molar-refractivity contribution is 8.20. The van der Waals surface area contributed by atoms with Crippen LogP contribution in [0.4, 0.5) is 0 Å². The van der Waals surface area contributed by atoms with Gasteiger partial charge in [0.05, 0.1) is 23.0 Å². The molecule has 0 saturated heterocycles. The smallest absolute Gasteiger partial charge is 0.189 e. The molecule has 0 radical (unpaired) electrons. The Morgan fingerprint density at radius 3 is 2.00 bits per heavy atom. The fourth-order valence-corrected chi connectivity index (χ4v) is 3.87. The largest absolute Gasteiger partial charge is 0.412 e. The van der Waals surface area contributed by atoms with Gasteiger partial charge in [-0.3, -0.25) is 8.37 Å². The number of ether oxygens (including phenoxy) is 1. The summed E-state index contributed by atoms with van der Waals surface area (Å²) in [6.45, 7) is 3.76. The SMILES string of the molecule is COC[C@@H](COS(O)(O)c1ccc(C)cc1)OS(=O)c1ccc(C)cc1.O. The zero-order valence-corrected chi connectivity index (χ0v) is 17.1. The fourth-order valence-electron chi connectivity index (χ4n) is 2.07. The van der Waals surface area contributed by atoms with Crippen LogP contribution in [0.5, 0.6) is 0 Å².